The number of benzene rings is 1. The molecule has 17 heavy (non-hydrogen) atoms. The molecule has 0 aliphatic carbocycles. The summed E-state index contributed by atoms with van der Waals surface area (Å²) in [5.74, 6) is 0. The van der Waals surface area contributed by atoms with Crippen molar-refractivity contribution in [1.29, 1.82) is 0 Å². The molecule has 0 aliphatic rings. The molecule has 1 aromatic carbocycles. The molecule has 2 rings (SSSR count). The molecule has 0 spiro atoms. The second-order valence-electron chi connectivity index (χ2n) is 3.45. The first-order valence-electron chi connectivity index (χ1n) is 5.07. The van der Waals surface area contributed by atoms with Crippen molar-refractivity contribution >= 4 is 15.9 Å². The number of hydrogen-bond acceptors (Lipinski definition) is 3. The van der Waals surface area contributed by atoms with Crippen molar-refractivity contribution in [1.82, 2.24) is 4.98 Å². The van der Waals surface area contributed by atoms with Gasteiger partial charge in [0.15, 0.2) is 9.84 Å². The smallest absolute Gasteiger partial charge is 0.199 e. The van der Waals surface area contributed by atoms with Crippen LogP contribution in [0, 0.1) is 0 Å². The molecule has 4 heteroatoms. The summed E-state index contributed by atoms with van der Waals surface area (Å²) in [6.07, 6.45) is 4.79. The molecule has 0 bridgehead atoms. The van der Waals surface area contributed by atoms with E-state index in [0.29, 0.717) is 4.90 Å². The minimum Gasteiger partial charge on any atom is -0.264 e. The van der Waals surface area contributed by atoms with Gasteiger partial charge in [0.25, 0.3) is 0 Å². The topological polar surface area (TPSA) is 47.0 Å². The molecule has 0 radical (unpaired) electrons. The van der Waals surface area contributed by atoms with Crippen molar-refractivity contribution < 1.29 is 8.42 Å². The van der Waals surface area contributed by atoms with Crippen molar-refractivity contribution in [3.8, 4) is 0 Å². The van der Waals surface area contributed by atoms with E-state index in [-0.39, 0.29) is 0 Å². The molecule has 0 saturated heterocycles. The molecule has 1 aromatic heterocycles. The Morgan fingerprint density at radius 3 is 2.41 bits per heavy atom. The predicted molar refractivity (Wildman–Crippen MR) is 66.9 cm³/mol. The lowest BCUT2D eigenvalue weighted by Crippen LogP contribution is -1.95. The number of aromatic nitrogens is 1. The Morgan fingerprint density at radius 1 is 1.00 bits per heavy atom. The van der Waals surface area contributed by atoms with Gasteiger partial charge in [-0.25, -0.2) is 8.42 Å². The zero-order valence-electron chi connectivity index (χ0n) is 9.02. The van der Waals surface area contributed by atoms with Crippen LogP contribution in [0.4, 0.5) is 0 Å². The Bertz CT molecular complexity index is 604. The summed E-state index contributed by atoms with van der Waals surface area (Å²) in [6, 6.07) is 11.9. The largest absolute Gasteiger partial charge is 0.264 e. The molecular weight excluding hydrogens is 234 g/mol. The maximum absolute atomic E-state index is 11.9. The van der Waals surface area contributed by atoms with Gasteiger partial charge >= 0.3 is 0 Å². The highest BCUT2D eigenvalue weighted by molar-refractivity contribution is 7.94. The van der Waals surface area contributed by atoms with Crippen LogP contribution in [0.2, 0.25) is 0 Å². The fourth-order valence-electron chi connectivity index (χ4n) is 1.33. The summed E-state index contributed by atoms with van der Waals surface area (Å²) in [7, 11) is -3.37. The quantitative estimate of drug-likeness (QED) is 0.834. The maximum Gasteiger partial charge on any atom is 0.199 e. The third-order valence-corrected chi connectivity index (χ3v) is 3.62. The van der Waals surface area contributed by atoms with Crippen LogP contribution in [-0.4, -0.2) is 13.4 Å². The number of pyridine rings is 1. The van der Waals surface area contributed by atoms with E-state index in [2.05, 4.69) is 4.98 Å². The highest BCUT2D eigenvalue weighted by Crippen LogP contribution is 2.12. The molecule has 0 amide bonds. The Hall–Kier alpha value is -1.94. The number of nitrogens with zero attached hydrogens (tertiary/aromatic N) is 1. The Kier molecular flexibility index (Phi) is 3.35. The molecule has 0 saturated carbocycles. The monoisotopic (exact) mass is 245 g/mol. The first-order chi connectivity index (χ1) is 8.18. The van der Waals surface area contributed by atoms with Gasteiger partial charge in [-0.05, 0) is 29.8 Å². The van der Waals surface area contributed by atoms with E-state index in [1.165, 1.54) is 11.5 Å². The molecule has 2 aromatic rings. The van der Waals surface area contributed by atoms with Crippen molar-refractivity contribution in [3.63, 3.8) is 0 Å². The van der Waals surface area contributed by atoms with Crippen molar-refractivity contribution in [3.05, 3.63) is 65.8 Å². The summed E-state index contributed by atoms with van der Waals surface area (Å²) < 4.78 is 23.8. The van der Waals surface area contributed by atoms with Crippen molar-refractivity contribution in [2.45, 2.75) is 4.90 Å². The van der Waals surface area contributed by atoms with Gasteiger partial charge in [-0.3, -0.25) is 4.98 Å². The Balaban J connectivity index is 2.28. The number of hydrogen-bond donors (Lipinski definition) is 0. The van der Waals surface area contributed by atoms with Gasteiger partial charge in [0, 0.05) is 17.8 Å². The second kappa shape index (κ2) is 4.93. The molecule has 86 valence electrons. The van der Waals surface area contributed by atoms with E-state index in [0.717, 1.165) is 5.56 Å². The molecule has 0 aliphatic heterocycles. The second-order valence-corrected chi connectivity index (χ2v) is 5.28. The van der Waals surface area contributed by atoms with Crippen molar-refractivity contribution in [2.75, 3.05) is 0 Å². The molecule has 0 atom stereocenters. The minimum absolute atomic E-state index is 0.292. The number of sulfone groups is 1. The van der Waals surface area contributed by atoms with Crippen LogP contribution >= 0.6 is 0 Å². The van der Waals surface area contributed by atoms with Crippen molar-refractivity contribution in [2.24, 2.45) is 0 Å². The van der Waals surface area contributed by atoms with Gasteiger partial charge in [-0.1, -0.05) is 24.3 Å². The Morgan fingerprint density at radius 2 is 1.76 bits per heavy atom. The van der Waals surface area contributed by atoms with E-state index in [1.807, 2.05) is 0 Å². The molecule has 1 heterocycles. The standard InChI is InChI=1S/C13H11NO2S/c15-17(16,13-6-2-1-3-7-13)10-8-12-5-4-9-14-11-12/h1-11H/b10-8-. The van der Waals surface area contributed by atoms with Crippen LogP contribution in [0.3, 0.4) is 0 Å². The average molecular weight is 245 g/mol. The molecular formula is C13H11NO2S. The minimum atomic E-state index is -3.37. The van der Waals surface area contributed by atoms with E-state index in [4.69, 9.17) is 0 Å². The van der Waals surface area contributed by atoms with Gasteiger partial charge in [0.05, 0.1) is 4.90 Å². The zero-order valence-corrected chi connectivity index (χ0v) is 9.84. The van der Waals surface area contributed by atoms with Gasteiger partial charge in [0.1, 0.15) is 0 Å². The van der Waals surface area contributed by atoms with Crippen LogP contribution in [0.1, 0.15) is 5.56 Å². The Labute approximate surface area is 100 Å². The normalized spacial score (nSPS) is 11.8. The fourth-order valence-corrected chi connectivity index (χ4v) is 2.36. The van der Waals surface area contributed by atoms with Gasteiger partial charge in [-0.2, -0.15) is 0 Å². The lowest BCUT2D eigenvalue weighted by Gasteiger charge is -1.97. The summed E-state index contributed by atoms with van der Waals surface area (Å²) in [4.78, 5) is 4.20. The van der Waals surface area contributed by atoms with Crippen LogP contribution in [0.5, 0.6) is 0 Å². The third kappa shape index (κ3) is 3.01. The van der Waals surface area contributed by atoms with Gasteiger partial charge < -0.3 is 0 Å². The number of rotatable bonds is 3. The van der Waals surface area contributed by atoms with E-state index in [1.54, 1.807) is 54.9 Å². The lowest BCUT2D eigenvalue weighted by atomic mass is 10.3. The molecule has 3 nitrogen and oxygen atoms in total. The van der Waals surface area contributed by atoms with Crippen LogP contribution in [0.25, 0.3) is 6.08 Å². The first-order valence-corrected chi connectivity index (χ1v) is 6.61. The molecule has 0 fully saturated rings. The van der Waals surface area contributed by atoms with E-state index < -0.39 is 9.84 Å². The molecule has 0 N–H and O–H groups in total. The van der Waals surface area contributed by atoms with Gasteiger partial charge in [0.2, 0.25) is 0 Å². The van der Waals surface area contributed by atoms with Crippen LogP contribution < -0.4 is 0 Å². The van der Waals surface area contributed by atoms with Crippen LogP contribution in [-0.2, 0) is 9.84 Å². The lowest BCUT2D eigenvalue weighted by molar-refractivity contribution is 0.605. The fraction of sp³-hybridized carbons (Fsp3) is 0. The third-order valence-electron chi connectivity index (χ3n) is 2.20. The highest BCUT2D eigenvalue weighted by atomic mass is 32.2. The zero-order chi connectivity index (χ0) is 12.1. The van der Waals surface area contributed by atoms with E-state index >= 15 is 0 Å². The summed E-state index contributed by atoms with van der Waals surface area (Å²) in [5, 5.41) is 1.19. The predicted octanol–water partition coefficient (Wildman–Crippen LogP) is 2.53. The van der Waals surface area contributed by atoms with Gasteiger partial charge in [-0.15, -0.1) is 0 Å². The highest BCUT2D eigenvalue weighted by Gasteiger charge is 2.08. The summed E-state index contributed by atoms with van der Waals surface area (Å²) in [6.45, 7) is 0. The first kappa shape index (κ1) is 11.5. The van der Waals surface area contributed by atoms with Crippen LogP contribution in [0.15, 0.2) is 65.2 Å². The molecule has 0 unspecified atom stereocenters. The van der Waals surface area contributed by atoms with E-state index in [9.17, 15) is 8.42 Å². The maximum atomic E-state index is 11.9. The SMILES string of the molecule is O=S(=O)(/C=C\c1cccnc1)c1ccccc1. The summed E-state index contributed by atoms with van der Waals surface area (Å²) in [5.41, 5.74) is 0.756. The average Bonchev–Trinajstić information content (AvgIpc) is 2.39. The summed E-state index contributed by atoms with van der Waals surface area (Å²) >= 11 is 0.